The quantitative estimate of drug-likeness (QED) is 0.836. The third-order valence-corrected chi connectivity index (χ3v) is 4.45. The highest BCUT2D eigenvalue weighted by atomic mass is 19.4. The summed E-state index contributed by atoms with van der Waals surface area (Å²) in [4.78, 5) is 11.9. The largest absolute Gasteiger partial charge is 0.435 e. The fourth-order valence-corrected chi connectivity index (χ4v) is 3.16. The summed E-state index contributed by atoms with van der Waals surface area (Å²) in [5.74, 6) is 0.283. The normalized spacial score (nSPS) is 19.9. The molecule has 1 fully saturated rings. The summed E-state index contributed by atoms with van der Waals surface area (Å²) in [5.41, 5.74) is 0.122. The highest BCUT2D eigenvalue weighted by Crippen LogP contribution is 2.30. The van der Waals surface area contributed by atoms with Crippen LogP contribution in [0.2, 0.25) is 0 Å². The molecular formula is C18H21F3N4O2. The Hall–Kier alpha value is -2.55. The monoisotopic (exact) mass is 382 g/mol. The first kappa shape index (κ1) is 19.2. The first-order chi connectivity index (χ1) is 12.8. The van der Waals surface area contributed by atoms with Crippen LogP contribution in [0.25, 0.3) is 0 Å². The van der Waals surface area contributed by atoms with Gasteiger partial charge in [0.1, 0.15) is 0 Å². The number of aromatic nitrogens is 2. The van der Waals surface area contributed by atoms with Crippen molar-refractivity contribution in [3.05, 3.63) is 53.3 Å². The van der Waals surface area contributed by atoms with E-state index in [1.165, 1.54) is 18.8 Å². The van der Waals surface area contributed by atoms with Gasteiger partial charge in [0.15, 0.2) is 5.69 Å². The molecule has 146 valence electrons. The lowest BCUT2D eigenvalue weighted by molar-refractivity contribution is -0.142. The molecule has 2 amide bonds. The van der Waals surface area contributed by atoms with E-state index in [0.29, 0.717) is 13.2 Å². The lowest BCUT2D eigenvalue weighted by Gasteiger charge is -2.12. The van der Waals surface area contributed by atoms with Crippen molar-refractivity contribution in [1.82, 2.24) is 20.4 Å². The molecule has 1 aromatic carbocycles. The zero-order valence-corrected chi connectivity index (χ0v) is 14.8. The van der Waals surface area contributed by atoms with Gasteiger partial charge in [-0.25, -0.2) is 4.79 Å². The second-order valence-corrected chi connectivity index (χ2v) is 6.54. The number of hydrogen-bond acceptors (Lipinski definition) is 3. The number of benzene rings is 1. The van der Waals surface area contributed by atoms with Gasteiger partial charge >= 0.3 is 12.2 Å². The number of halogens is 3. The van der Waals surface area contributed by atoms with E-state index in [9.17, 15) is 18.0 Å². The summed E-state index contributed by atoms with van der Waals surface area (Å²) in [6.45, 7) is 0.629. The van der Waals surface area contributed by atoms with E-state index in [-0.39, 0.29) is 24.1 Å². The van der Waals surface area contributed by atoms with Crippen LogP contribution in [0.1, 0.15) is 29.2 Å². The number of amides is 2. The van der Waals surface area contributed by atoms with E-state index in [4.69, 9.17) is 4.74 Å². The van der Waals surface area contributed by atoms with E-state index in [1.54, 1.807) is 0 Å². The summed E-state index contributed by atoms with van der Waals surface area (Å²) in [6.07, 6.45) is -2.65. The molecule has 0 saturated carbocycles. The number of hydrogen-bond donors (Lipinski definition) is 2. The van der Waals surface area contributed by atoms with E-state index in [2.05, 4.69) is 15.7 Å². The Morgan fingerprint density at radius 1 is 1.30 bits per heavy atom. The van der Waals surface area contributed by atoms with Gasteiger partial charge in [-0.05, 0) is 12.0 Å². The molecule has 1 aromatic heterocycles. The standard InChI is InChI=1S/C18H21F3N4O2/c1-25-10-14(16(24-25)18(19,20)21)8-22-17(26)23-9-15-7-13(11-27-15)12-5-3-2-4-6-12/h2-6,10,13,15H,7-9,11H2,1H3,(H2,22,23,26)/t13-,15-/m0/s1. The molecule has 0 spiro atoms. The maximum absolute atomic E-state index is 12.9. The molecule has 0 unspecified atom stereocenters. The summed E-state index contributed by atoms with van der Waals surface area (Å²) in [6, 6.07) is 9.45. The fraction of sp³-hybridized carbons (Fsp3) is 0.444. The van der Waals surface area contributed by atoms with Crippen molar-refractivity contribution in [2.75, 3.05) is 13.2 Å². The van der Waals surface area contributed by atoms with E-state index < -0.39 is 17.9 Å². The molecule has 0 radical (unpaired) electrons. The third kappa shape index (κ3) is 5.00. The van der Waals surface area contributed by atoms with Crippen LogP contribution in [0, 0.1) is 0 Å². The summed E-state index contributed by atoms with van der Waals surface area (Å²) in [5, 5.41) is 8.49. The van der Waals surface area contributed by atoms with Crippen molar-refractivity contribution in [3.63, 3.8) is 0 Å². The molecule has 9 heteroatoms. The smallest absolute Gasteiger partial charge is 0.376 e. The lowest BCUT2D eigenvalue weighted by atomic mass is 9.96. The number of urea groups is 1. The Balaban J connectivity index is 1.45. The molecule has 1 saturated heterocycles. The Bertz CT molecular complexity index is 777. The van der Waals surface area contributed by atoms with Gasteiger partial charge in [-0.15, -0.1) is 0 Å². The summed E-state index contributed by atoms with van der Waals surface area (Å²) >= 11 is 0. The van der Waals surface area contributed by atoms with Crippen LogP contribution in [0.5, 0.6) is 0 Å². The second kappa shape index (κ2) is 7.99. The Labute approximate surface area is 154 Å². The van der Waals surface area contributed by atoms with Crippen LogP contribution in [0.15, 0.2) is 36.5 Å². The van der Waals surface area contributed by atoms with Crippen LogP contribution >= 0.6 is 0 Å². The third-order valence-electron chi connectivity index (χ3n) is 4.45. The van der Waals surface area contributed by atoms with Gasteiger partial charge in [-0.3, -0.25) is 4.68 Å². The van der Waals surface area contributed by atoms with Crippen LogP contribution < -0.4 is 10.6 Å². The predicted molar refractivity (Wildman–Crippen MR) is 92.0 cm³/mol. The average Bonchev–Trinajstić information content (AvgIpc) is 3.25. The summed E-state index contributed by atoms with van der Waals surface area (Å²) < 4.78 is 45.5. The molecule has 2 heterocycles. The fourth-order valence-electron chi connectivity index (χ4n) is 3.16. The number of carbonyl (C=O) groups excluding carboxylic acids is 1. The van der Waals surface area contributed by atoms with Gasteiger partial charge in [0.25, 0.3) is 0 Å². The highest BCUT2D eigenvalue weighted by Gasteiger charge is 2.36. The van der Waals surface area contributed by atoms with Gasteiger partial charge in [0.2, 0.25) is 0 Å². The lowest BCUT2D eigenvalue weighted by Crippen LogP contribution is -2.39. The van der Waals surface area contributed by atoms with Gasteiger partial charge in [0, 0.05) is 37.8 Å². The van der Waals surface area contributed by atoms with Crippen molar-refractivity contribution in [1.29, 1.82) is 0 Å². The molecule has 1 aliphatic heterocycles. The van der Waals surface area contributed by atoms with Crippen molar-refractivity contribution < 1.29 is 22.7 Å². The molecule has 0 bridgehead atoms. The summed E-state index contributed by atoms with van der Waals surface area (Å²) in [7, 11) is 1.40. The molecule has 2 aromatic rings. The van der Waals surface area contributed by atoms with Crippen LogP contribution in [-0.2, 0) is 24.5 Å². The number of carbonyl (C=O) groups is 1. The molecule has 2 N–H and O–H groups in total. The average molecular weight is 382 g/mol. The molecular weight excluding hydrogens is 361 g/mol. The molecule has 0 aliphatic carbocycles. The highest BCUT2D eigenvalue weighted by molar-refractivity contribution is 5.73. The van der Waals surface area contributed by atoms with Crippen molar-refractivity contribution >= 4 is 6.03 Å². The van der Waals surface area contributed by atoms with Gasteiger partial charge in [0.05, 0.1) is 12.7 Å². The van der Waals surface area contributed by atoms with Crippen LogP contribution in [0.3, 0.4) is 0 Å². The van der Waals surface area contributed by atoms with Crippen LogP contribution in [0.4, 0.5) is 18.0 Å². The Morgan fingerprint density at radius 3 is 2.74 bits per heavy atom. The van der Waals surface area contributed by atoms with E-state index in [0.717, 1.165) is 11.1 Å². The van der Waals surface area contributed by atoms with Gasteiger partial charge in [-0.1, -0.05) is 30.3 Å². The Morgan fingerprint density at radius 2 is 2.04 bits per heavy atom. The molecule has 6 nitrogen and oxygen atoms in total. The Kier molecular flexibility index (Phi) is 5.69. The number of nitrogens with one attached hydrogen (secondary N) is 2. The number of rotatable bonds is 5. The molecule has 27 heavy (non-hydrogen) atoms. The minimum atomic E-state index is -4.56. The first-order valence-electron chi connectivity index (χ1n) is 8.61. The minimum absolute atomic E-state index is 0.0820. The molecule has 2 atom stereocenters. The number of alkyl halides is 3. The van der Waals surface area contributed by atoms with Crippen LogP contribution in [-0.4, -0.2) is 35.1 Å². The topological polar surface area (TPSA) is 68.2 Å². The number of nitrogens with zero attached hydrogens (tertiary/aromatic N) is 2. The van der Waals surface area contributed by atoms with Gasteiger partial charge < -0.3 is 15.4 Å². The minimum Gasteiger partial charge on any atom is -0.376 e. The van der Waals surface area contributed by atoms with Crippen molar-refractivity contribution in [2.45, 2.75) is 31.2 Å². The van der Waals surface area contributed by atoms with E-state index in [1.807, 2.05) is 30.3 Å². The van der Waals surface area contributed by atoms with Crippen molar-refractivity contribution in [3.8, 4) is 0 Å². The zero-order valence-electron chi connectivity index (χ0n) is 14.8. The second-order valence-electron chi connectivity index (χ2n) is 6.54. The number of ether oxygens (including phenoxy) is 1. The first-order valence-corrected chi connectivity index (χ1v) is 8.61. The van der Waals surface area contributed by atoms with E-state index >= 15 is 0 Å². The predicted octanol–water partition coefficient (Wildman–Crippen LogP) is 2.81. The van der Waals surface area contributed by atoms with Crippen molar-refractivity contribution in [2.24, 2.45) is 7.05 Å². The van der Waals surface area contributed by atoms with Gasteiger partial charge in [-0.2, -0.15) is 18.3 Å². The zero-order chi connectivity index (χ0) is 19.4. The molecule has 1 aliphatic rings. The molecule has 3 rings (SSSR count). The SMILES string of the molecule is Cn1cc(CNC(=O)NC[C@@H]2C[C@H](c3ccccc3)CO2)c(C(F)(F)F)n1. The maximum Gasteiger partial charge on any atom is 0.435 e. The maximum atomic E-state index is 12.9. The number of aryl methyl sites for hydroxylation is 1.